The van der Waals surface area contributed by atoms with E-state index in [1.807, 2.05) is 18.2 Å². The summed E-state index contributed by atoms with van der Waals surface area (Å²) in [5, 5.41) is 10.2. The molecule has 0 aliphatic rings. The third-order valence-electron chi connectivity index (χ3n) is 5.55. The highest BCUT2D eigenvalue weighted by Crippen LogP contribution is 2.14. The Labute approximate surface area is 174 Å². The van der Waals surface area contributed by atoms with Crippen LogP contribution in [0.25, 0.3) is 0 Å². The SMILES string of the molecule is CCCCCCCCCCCCCC[C@H](O)[C@H](N)CCOCc1ccccc1. The molecule has 3 N–H and O–H groups in total. The smallest absolute Gasteiger partial charge is 0.0716 e. The van der Waals surface area contributed by atoms with Gasteiger partial charge in [-0.05, 0) is 18.4 Å². The molecule has 0 unspecified atom stereocenters. The van der Waals surface area contributed by atoms with E-state index in [1.54, 1.807) is 0 Å². The third kappa shape index (κ3) is 14.1. The Morgan fingerprint density at radius 2 is 1.32 bits per heavy atom. The van der Waals surface area contributed by atoms with Crippen LogP contribution in [0.4, 0.5) is 0 Å². The molecule has 1 rings (SSSR count). The van der Waals surface area contributed by atoms with Gasteiger partial charge in [0.1, 0.15) is 0 Å². The molecule has 3 heteroatoms. The first-order valence-electron chi connectivity index (χ1n) is 11.8. The fraction of sp³-hybridized carbons (Fsp3) is 0.760. The minimum Gasteiger partial charge on any atom is -0.392 e. The van der Waals surface area contributed by atoms with Gasteiger partial charge in [0.15, 0.2) is 0 Å². The predicted molar refractivity (Wildman–Crippen MR) is 120 cm³/mol. The van der Waals surface area contributed by atoms with E-state index in [9.17, 15) is 5.11 Å². The molecule has 0 spiro atoms. The second kappa shape index (κ2) is 18.1. The van der Waals surface area contributed by atoms with Crippen LogP contribution in [0.5, 0.6) is 0 Å². The van der Waals surface area contributed by atoms with Crippen LogP contribution in [0.2, 0.25) is 0 Å². The average molecular weight is 392 g/mol. The molecule has 0 radical (unpaired) electrons. The van der Waals surface area contributed by atoms with Gasteiger partial charge in [0.25, 0.3) is 0 Å². The van der Waals surface area contributed by atoms with Gasteiger partial charge in [-0.2, -0.15) is 0 Å². The second-order valence-corrected chi connectivity index (χ2v) is 8.24. The van der Waals surface area contributed by atoms with Gasteiger partial charge < -0.3 is 15.6 Å². The summed E-state index contributed by atoms with van der Waals surface area (Å²) in [5.74, 6) is 0. The van der Waals surface area contributed by atoms with Crippen molar-refractivity contribution < 1.29 is 9.84 Å². The van der Waals surface area contributed by atoms with E-state index in [-0.39, 0.29) is 6.04 Å². The van der Waals surface area contributed by atoms with Gasteiger partial charge in [0.05, 0.1) is 12.7 Å². The minimum atomic E-state index is -0.400. The largest absolute Gasteiger partial charge is 0.392 e. The fourth-order valence-electron chi connectivity index (χ4n) is 3.58. The van der Waals surface area contributed by atoms with Crippen molar-refractivity contribution in [2.45, 2.75) is 116 Å². The van der Waals surface area contributed by atoms with Crippen LogP contribution in [0.1, 0.15) is 102 Å². The molecular weight excluding hydrogens is 346 g/mol. The number of nitrogens with two attached hydrogens (primary N) is 1. The molecule has 162 valence electrons. The van der Waals surface area contributed by atoms with Crippen molar-refractivity contribution in [1.82, 2.24) is 0 Å². The third-order valence-corrected chi connectivity index (χ3v) is 5.55. The van der Waals surface area contributed by atoms with Crippen LogP contribution in [-0.2, 0) is 11.3 Å². The number of ether oxygens (including phenoxy) is 1. The molecule has 28 heavy (non-hydrogen) atoms. The summed E-state index contributed by atoms with van der Waals surface area (Å²) in [6, 6.07) is 9.98. The number of rotatable bonds is 19. The molecule has 1 aromatic carbocycles. The first-order chi connectivity index (χ1) is 13.7. The van der Waals surface area contributed by atoms with Crippen molar-refractivity contribution in [2.24, 2.45) is 5.73 Å². The summed E-state index contributed by atoms with van der Waals surface area (Å²) in [5.41, 5.74) is 7.28. The van der Waals surface area contributed by atoms with Crippen molar-refractivity contribution in [3.05, 3.63) is 35.9 Å². The second-order valence-electron chi connectivity index (χ2n) is 8.24. The molecule has 1 aromatic rings. The van der Waals surface area contributed by atoms with Crippen LogP contribution in [0, 0.1) is 0 Å². The molecule has 0 aromatic heterocycles. The lowest BCUT2D eigenvalue weighted by Crippen LogP contribution is -2.35. The zero-order valence-corrected chi connectivity index (χ0v) is 18.3. The highest BCUT2D eigenvalue weighted by atomic mass is 16.5. The van der Waals surface area contributed by atoms with Crippen LogP contribution >= 0.6 is 0 Å². The number of unbranched alkanes of at least 4 members (excludes halogenated alkanes) is 11. The highest BCUT2D eigenvalue weighted by molar-refractivity contribution is 5.13. The van der Waals surface area contributed by atoms with E-state index < -0.39 is 6.10 Å². The maximum atomic E-state index is 10.2. The molecule has 0 fully saturated rings. The summed E-state index contributed by atoms with van der Waals surface area (Å²) >= 11 is 0. The quantitative estimate of drug-likeness (QED) is 0.269. The van der Waals surface area contributed by atoms with E-state index in [2.05, 4.69) is 19.1 Å². The normalized spacial score (nSPS) is 13.5. The Bertz CT molecular complexity index is 437. The van der Waals surface area contributed by atoms with E-state index >= 15 is 0 Å². The average Bonchev–Trinajstić information content (AvgIpc) is 2.72. The van der Waals surface area contributed by atoms with Crippen LogP contribution in [0.15, 0.2) is 30.3 Å². The molecule has 3 nitrogen and oxygen atoms in total. The topological polar surface area (TPSA) is 55.5 Å². The maximum absolute atomic E-state index is 10.2. The molecule has 0 saturated heterocycles. The number of aliphatic hydroxyl groups excluding tert-OH is 1. The van der Waals surface area contributed by atoms with Crippen LogP contribution in [0.3, 0.4) is 0 Å². The van der Waals surface area contributed by atoms with Crippen molar-refractivity contribution >= 4 is 0 Å². The lowest BCUT2D eigenvalue weighted by atomic mass is 10.0. The summed E-state index contributed by atoms with van der Waals surface area (Å²) in [7, 11) is 0. The van der Waals surface area contributed by atoms with Gasteiger partial charge in [-0.1, -0.05) is 114 Å². The van der Waals surface area contributed by atoms with Crippen LogP contribution in [-0.4, -0.2) is 23.9 Å². The maximum Gasteiger partial charge on any atom is 0.0716 e. The fourth-order valence-corrected chi connectivity index (χ4v) is 3.58. The van der Waals surface area contributed by atoms with Gasteiger partial charge in [-0.3, -0.25) is 0 Å². The van der Waals surface area contributed by atoms with Crippen molar-refractivity contribution in [2.75, 3.05) is 6.61 Å². The Morgan fingerprint density at radius 3 is 1.89 bits per heavy atom. The van der Waals surface area contributed by atoms with Gasteiger partial charge >= 0.3 is 0 Å². The van der Waals surface area contributed by atoms with E-state index in [0.717, 1.165) is 12.8 Å². The predicted octanol–water partition coefficient (Wildman–Crippen LogP) is 6.37. The van der Waals surface area contributed by atoms with Crippen molar-refractivity contribution in [3.63, 3.8) is 0 Å². The van der Waals surface area contributed by atoms with E-state index in [1.165, 1.54) is 76.2 Å². The Balaban J connectivity index is 1.86. The summed E-state index contributed by atoms with van der Waals surface area (Å²) in [4.78, 5) is 0. The first kappa shape index (κ1) is 25.1. The molecule has 0 amide bonds. The van der Waals surface area contributed by atoms with Gasteiger partial charge in [-0.25, -0.2) is 0 Å². The molecule has 0 heterocycles. The molecule has 0 aliphatic carbocycles. The molecule has 0 aliphatic heterocycles. The minimum absolute atomic E-state index is 0.177. The zero-order chi connectivity index (χ0) is 20.3. The Morgan fingerprint density at radius 1 is 0.786 bits per heavy atom. The summed E-state index contributed by atoms with van der Waals surface area (Å²) in [6.45, 7) is 3.49. The van der Waals surface area contributed by atoms with Crippen molar-refractivity contribution in [1.29, 1.82) is 0 Å². The molecule has 0 bridgehead atoms. The molecular formula is C25H45NO2. The highest BCUT2D eigenvalue weighted by Gasteiger charge is 2.14. The molecule has 2 atom stereocenters. The summed E-state index contributed by atoms with van der Waals surface area (Å²) < 4.78 is 5.67. The Hall–Kier alpha value is -0.900. The van der Waals surface area contributed by atoms with E-state index in [0.29, 0.717) is 19.6 Å². The Kier molecular flexibility index (Phi) is 16.3. The lowest BCUT2D eigenvalue weighted by molar-refractivity contribution is 0.0811. The standard InChI is InChI=1S/C25H45NO2/c1-2-3-4-5-6-7-8-9-10-11-12-16-19-25(27)24(26)20-21-28-22-23-17-14-13-15-18-23/h13-15,17-18,24-25,27H,2-12,16,19-22,26H2,1H3/t24-,25+/m1/s1. The number of aliphatic hydroxyl groups is 1. The summed E-state index contributed by atoms with van der Waals surface area (Å²) in [6.07, 6.45) is 17.2. The number of hydrogen-bond donors (Lipinski definition) is 2. The van der Waals surface area contributed by atoms with Crippen molar-refractivity contribution in [3.8, 4) is 0 Å². The number of benzene rings is 1. The van der Waals surface area contributed by atoms with E-state index in [4.69, 9.17) is 10.5 Å². The number of hydrogen-bond acceptors (Lipinski definition) is 3. The van der Waals surface area contributed by atoms with Gasteiger partial charge in [-0.15, -0.1) is 0 Å². The van der Waals surface area contributed by atoms with Gasteiger partial charge in [0.2, 0.25) is 0 Å². The first-order valence-corrected chi connectivity index (χ1v) is 11.8. The monoisotopic (exact) mass is 391 g/mol. The van der Waals surface area contributed by atoms with Crippen LogP contribution < -0.4 is 5.73 Å². The molecule has 0 saturated carbocycles. The lowest BCUT2D eigenvalue weighted by Gasteiger charge is -2.18. The zero-order valence-electron chi connectivity index (χ0n) is 18.3. The van der Waals surface area contributed by atoms with Gasteiger partial charge in [0, 0.05) is 12.6 Å².